The van der Waals surface area contributed by atoms with Crippen LogP contribution in [0.5, 0.6) is 0 Å². The van der Waals surface area contributed by atoms with Crippen molar-refractivity contribution >= 4 is 44.7 Å². The highest BCUT2D eigenvalue weighted by molar-refractivity contribution is 6.11. The molecule has 5 aromatic carbocycles. The van der Waals surface area contributed by atoms with E-state index in [4.69, 9.17) is 4.98 Å². The number of anilines is 3. The summed E-state index contributed by atoms with van der Waals surface area (Å²) in [6, 6.07) is 46.4. The van der Waals surface area contributed by atoms with Crippen molar-refractivity contribution in [2.24, 2.45) is 0 Å². The van der Waals surface area contributed by atoms with Crippen molar-refractivity contribution in [3.8, 4) is 22.3 Å². The number of rotatable bonds is 5. The first-order valence-corrected chi connectivity index (χ1v) is 16.5. The second-order valence-electron chi connectivity index (χ2n) is 13.2. The first kappa shape index (κ1) is 27.6. The van der Waals surface area contributed by atoms with Crippen molar-refractivity contribution in [3.05, 3.63) is 163 Å². The van der Waals surface area contributed by atoms with E-state index in [-0.39, 0.29) is 5.41 Å². The minimum Gasteiger partial charge on any atom is -0.310 e. The zero-order chi connectivity index (χ0) is 31.5. The highest BCUT2D eigenvalue weighted by Crippen LogP contribution is 2.50. The van der Waals surface area contributed by atoms with Crippen LogP contribution in [0.25, 0.3) is 49.8 Å². The van der Waals surface area contributed by atoms with Crippen LogP contribution < -0.4 is 4.90 Å². The lowest BCUT2D eigenvalue weighted by molar-refractivity contribution is 0.660. The molecule has 0 aliphatic heterocycles. The van der Waals surface area contributed by atoms with Gasteiger partial charge >= 0.3 is 0 Å². The third-order valence-electron chi connectivity index (χ3n) is 10.1. The molecule has 7 aromatic rings. The van der Waals surface area contributed by atoms with Crippen LogP contribution >= 0.6 is 0 Å². The predicted molar refractivity (Wildman–Crippen MR) is 198 cm³/mol. The van der Waals surface area contributed by atoms with Gasteiger partial charge in [0.25, 0.3) is 0 Å². The molecule has 0 saturated heterocycles. The molecule has 2 aromatic heterocycles. The number of hydrogen-bond donors (Lipinski definition) is 0. The minimum atomic E-state index is -0.0762. The number of aromatic nitrogens is 2. The fourth-order valence-corrected chi connectivity index (χ4v) is 7.73. The molecular weight excluding hydrogens is 571 g/mol. The van der Waals surface area contributed by atoms with E-state index in [9.17, 15) is 0 Å². The van der Waals surface area contributed by atoms with Crippen LogP contribution in [-0.2, 0) is 5.41 Å². The summed E-state index contributed by atoms with van der Waals surface area (Å²) in [6.45, 7) is 4.66. The number of allylic oxidation sites excluding steroid dienone is 4. The molecule has 3 heteroatoms. The summed E-state index contributed by atoms with van der Waals surface area (Å²) in [6.07, 6.45) is 11.0. The summed E-state index contributed by atoms with van der Waals surface area (Å²) in [7, 11) is 0. The molecule has 0 unspecified atom stereocenters. The molecule has 0 bridgehead atoms. The molecule has 2 heterocycles. The summed E-state index contributed by atoms with van der Waals surface area (Å²) < 4.78 is 2.41. The second-order valence-corrected chi connectivity index (χ2v) is 13.2. The maximum atomic E-state index is 4.80. The molecular formula is C44H35N3. The van der Waals surface area contributed by atoms with E-state index < -0.39 is 0 Å². The molecule has 0 atom stereocenters. The van der Waals surface area contributed by atoms with E-state index in [1.165, 1.54) is 60.9 Å². The molecule has 0 N–H and O–H groups in total. The van der Waals surface area contributed by atoms with Gasteiger partial charge in [-0.2, -0.15) is 0 Å². The lowest BCUT2D eigenvalue weighted by atomic mass is 9.82. The SMILES string of the molecule is CC1(C)c2ccccc2-c2ccc(N(c3ccc(-c4ccc5c(c4)c4ccccc4n5C4=CCCC=C4)cc3)c3ccccn3)cc21. The standard InChI is InChI=1S/C44H35N3/c1-44(2)39-16-8-6-14-35(39)36-25-24-34(29-40(36)44)46(43-18-10-11-27-45-43)33-22-19-30(20-23-33)31-21-26-42-38(28-31)37-15-7-9-17-41(37)47(42)32-12-4-3-5-13-32/h4,6-29H,3,5H2,1-2H3. The van der Waals surface area contributed by atoms with Crippen LogP contribution in [0.4, 0.5) is 17.2 Å². The highest BCUT2D eigenvalue weighted by Gasteiger charge is 2.35. The van der Waals surface area contributed by atoms with E-state index in [0.29, 0.717) is 0 Å². The zero-order valence-corrected chi connectivity index (χ0v) is 26.7. The monoisotopic (exact) mass is 605 g/mol. The van der Waals surface area contributed by atoms with Crippen molar-refractivity contribution in [3.63, 3.8) is 0 Å². The van der Waals surface area contributed by atoms with E-state index >= 15 is 0 Å². The molecule has 2 aliphatic rings. The summed E-state index contributed by atoms with van der Waals surface area (Å²) in [4.78, 5) is 7.07. The Kier molecular flexibility index (Phi) is 6.29. The summed E-state index contributed by atoms with van der Waals surface area (Å²) in [5.74, 6) is 0.897. The van der Waals surface area contributed by atoms with Crippen molar-refractivity contribution in [2.75, 3.05) is 4.90 Å². The summed E-state index contributed by atoms with van der Waals surface area (Å²) in [5.41, 5.74) is 13.6. The van der Waals surface area contributed by atoms with Crippen LogP contribution in [0, 0.1) is 0 Å². The Morgan fingerprint density at radius 3 is 2.19 bits per heavy atom. The van der Waals surface area contributed by atoms with Gasteiger partial charge in [0.15, 0.2) is 0 Å². The highest BCUT2D eigenvalue weighted by atomic mass is 15.2. The van der Waals surface area contributed by atoms with Gasteiger partial charge in [0.05, 0.1) is 11.0 Å². The quantitative estimate of drug-likeness (QED) is 0.195. The number of pyridine rings is 1. The van der Waals surface area contributed by atoms with Crippen LogP contribution in [0.1, 0.15) is 37.8 Å². The number of hydrogen-bond acceptors (Lipinski definition) is 2. The Labute approximate surface area is 275 Å². The smallest absolute Gasteiger partial charge is 0.137 e. The molecule has 0 amide bonds. The average molecular weight is 606 g/mol. The largest absolute Gasteiger partial charge is 0.310 e. The van der Waals surface area contributed by atoms with Crippen LogP contribution in [0.15, 0.2) is 152 Å². The minimum absolute atomic E-state index is 0.0762. The van der Waals surface area contributed by atoms with Crippen LogP contribution in [-0.4, -0.2) is 9.55 Å². The van der Waals surface area contributed by atoms with Gasteiger partial charge in [-0.3, -0.25) is 4.90 Å². The van der Waals surface area contributed by atoms with Crippen LogP contribution in [0.3, 0.4) is 0 Å². The molecule has 0 saturated carbocycles. The fraction of sp³-hybridized carbons (Fsp3) is 0.114. The van der Waals surface area contributed by atoms with E-state index in [1.54, 1.807) is 0 Å². The molecule has 3 nitrogen and oxygen atoms in total. The van der Waals surface area contributed by atoms with Gasteiger partial charge in [-0.25, -0.2) is 4.98 Å². The Balaban J connectivity index is 1.12. The Morgan fingerprint density at radius 1 is 0.617 bits per heavy atom. The van der Waals surface area contributed by atoms with Crippen molar-refractivity contribution in [1.29, 1.82) is 0 Å². The normalized spacial score (nSPS) is 14.6. The molecule has 47 heavy (non-hydrogen) atoms. The Hall–Kier alpha value is -5.67. The van der Waals surface area contributed by atoms with Gasteiger partial charge in [-0.15, -0.1) is 0 Å². The Morgan fingerprint density at radius 2 is 1.36 bits per heavy atom. The summed E-state index contributed by atoms with van der Waals surface area (Å²) >= 11 is 0. The third kappa shape index (κ3) is 4.38. The molecule has 0 fully saturated rings. The van der Waals surface area contributed by atoms with Gasteiger partial charge in [0.2, 0.25) is 0 Å². The van der Waals surface area contributed by atoms with E-state index in [1.807, 2.05) is 12.3 Å². The molecule has 2 aliphatic carbocycles. The lowest BCUT2D eigenvalue weighted by Gasteiger charge is -2.27. The predicted octanol–water partition coefficient (Wildman–Crippen LogP) is 11.8. The van der Waals surface area contributed by atoms with Crippen molar-refractivity contribution in [2.45, 2.75) is 32.1 Å². The van der Waals surface area contributed by atoms with E-state index in [2.05, 4.69) is 163 Å². The van der Waals surface area contributed by atoms with Gasteiger partial charge < -0.3 is 4.57 Å². The maximum absolute atomic E-state index is 4.80. The van der Waals surface area contributed by atoms with Gasteiger partial charge in [-0.1, -0.05) is 98.8 Å². The fourth-order valence-electron chi connectivity index (χ4n) is 7.73. The van der Waals surface area contributed by atoms with Gasteiger partial charge in [-0.05, 0) is 107 Å². The first-order valence-electron chi connectivity index (χ1n) is 16.5. The number of nitrogens with zero attached hydrogens (tertiary/aromatic N) is 3. The first-order chi connectivity index (χ1) is 23.1. The topological polar surface area (TPSA) is 21.1 Å². The zero-order valence-electron chi connectivity index (χ0n) is 26.7. The summed E-state index contributed by atoms with van der Waals surface area (Å²) in [5, 5.41) is 2.56. The molecule has 226 valence electrons. The molecule has 9 rings (SSSR count). The second kappa shape index (κ2) is 10.7. The molecule has 0 radical (unpaired) electrons. The van der Waals surface area contributed by atoms with Crippen LogP contribution in [0.2, 0.25) is 0 Å². The van der Waals surface area contributed by atoms with Crippen molar-refractivity contribution in [1.82, 2.24) is 9.55 Å². The average Bonchev–Trinajstić information content (AvgIpc) is 3.58. The number of para-hydroxylation sites is 1. The number of fused-ring (bicyclic) bond motifs is 6. The van der Waals surface area contributed by atoms with Gasteiger partial charge in [0, 0.05) is 39.5 Å². The number of benzene rings is 5. The molecule has 0 spiro atoms. The lowest BCUT2D eigenvalue weighted by Crippen LogP contribution is -2.16. The third-order valence-corrected chi connectivity index (χ3v) is 10.1. The van der Waals surface area contributed by atoms with Gasteiger partial charge in [0.1, 0.15) is 5.82 Å². The van der Waals surface area contributed by atoms with E-state index in [0.717, 1.165) is 30.0 Å². The van der Waals surface area contributed by atoms with Crippen molar-refractivity contribution < 1.29 is 0 Å². The maximum Gasteiger partial charge on any atom is 0.137 e. The Bertz CT molecular complexity index is 2370.